The molecule has 0 amide bonds. The number of hydrogen-bond donors (Lipinski definition) is 0. The maximum atomic E-state index is 13.9. The Morgan fingerprint density at radius 2 is 1.92 bits per heavy atom. The van der Waals surface area contributed by atoms with Gasteiger partial charge in [-0.25, -0.2) is 12.8 Å². The summed E-state index contributed by atoms with van der Waals surface area (Å²) in [5.74, 6) is -1.46. The summed E-state index contributed by atoms with van der Waals surface area (Å²) in [6.45, 7) is 0. The van der Waals surface area contributed by atoms with Crippen molar-refractivity contribution in [1.29, 1.82) is 5.26 Å². The van der Waals surface area contributed by atoms with E-state index in [0.29, 0.717) is 16.7 Å². The molecule has 2 aromatic carbocycles. The van der Waals surface area contributed by atoms with Crippen molar-refractivity contribution >= 4 is 33.2 Å². The van der Waals surface area contributed by atoms with E-state index in [1.54, 1.807) is 0 Å². The van der Waals surface area contributed by atoms with E-state index in [0.717, 1.165) is 18.2 Å². The van der Waals surface area contributed by atoms with Crippen molar-refractivity contribution in [2.24, 2.45) is 0 Å². The van der Waals surface area contributed by atoms with Crippen LogP contribution in [0.1, 0.15) is 11.1 Å². The van der Waals surface area contributed by atoms with Crippen molar-refractivity contribution in [3.63, 3.8) is 0 Å². The van der Waals surface area contributed by atoms with Crippen molar-refractivity contribution in [3.05, 3.63) is 79.5 Å². The van der Waals surface area contributed by atoms with E-state index >= 15 is 0 Å². The molecule has 0 unspecified atom stereocenters. The van der Waals surface area contributed by atoms with Gasteiger partial charge in [0.15, 0.2) is 9.84 Å². The Bertz CT molecular complexity index is 996. The Hall–Kier alpha value is -2.76. The van der Waals surface area contributed by atoms with Crippen molar-refractivity contribution in [1.82, 2.24) is 0 Å². The second-order valence-corrected chi connectivity index (χ2v) is 7.36. The van der Waals surface area contributed by atoms with Gasteiger partial charge < -0.3 is 0 Å². The smallest absolute Gasteiger partial charge is 0.258 e. The third-order valence-electron chi connectivity index (χ3n) is 3.20. The summed E-state index contributed by atoms with van der Waals surface area (Å²) in [6, 6.07) is 10.3. The van der Waals surface area contributed by atoms with Crippen LogP contribution in [-0.2, 0) is 15.6 Å². The summed E-state index contributed by atoms with van der Waals surface area (Å²) < 4.78 is 38.6. The van der Waals surface area contributed by atoms with Gasteiger partial charge in [0.05, 0.1) is 16.7 Å². The largest absolute Gasteiger partial charge is 0.272 e. The molecule has 9 heteroatoms. The minimum Gasteiger partial charge on any atom is -0.258 e. The van der Waals surface area contributed by atoms with Gasteiger partial charge in [0, 0.05) is 16.7 Å². The lowest BCUT2D eigenvalue weighted by Gasteiger charge is -2.04. The molecule has 0 spiro atoms. The van der Waals surface area contributed by atoms with Gasteiger partial charge in [0.25, 0.3) is 5.69 Å². The number of sulfone groups is 1. The van der Waals surface area contributed by atoms with Gasteiger partial charge in [-0.1, -0.05) is 23.7 Å². The highest BCUT2D eigenvalue weighted by Gasteiger charge is 2.20. The SMILES string of the molecule is N#C/C(=C\c1ccc([N+](=O)[O-])cc1F)S(=O)(=O)Cc1ccc(Cl)cc1. The predicted molar refractivity (Wildman–Crippen MR) is 90.7 cm³/mol. The quantitative estimate of drug-likeness (QED) is 0.445. The Morgan fingerprint density at radius 3 is 2.44 bits per heavy atom. The highest BCUT2D eigenvalue weighted by atomic mass is 35.5. The molecule has 0 radical (unpaired) electrons. The van der Waals surface area contributed by atoms with Crippen LogP contribution in [0.15, 0.2) is 47.4 Å². The first-order valence-corrected chi connectivity index (χ1v) is 8.79. The fourth-order valence-electron chi connectivity index (χ4n) is 1.96. The van der Waals surface area contributed by atoms with E-state index in [1.165, 1.54) is 30.3 Å². The third-order valence-corrected chi connectivity index (χ3v) is 5.04. The molecule has 2 aromatic rings. The molecule has 0 heterocycles. The predicted octanol–water partition coefficient (Wildman–Crippen LogP) is 3.87. The Labute approximate surface area is 147 Å². The molecule has 0 aliphatic heterocycles. The lowest BCUT2D eigenvalue weighted by Crippen LogP contribution is -2.06. The van der Waals surface area contributed by atoms with Crippen molar-refractivity contribution in [3.8, 4) is 6.07 Å². The highest BCUT2D eigenvalue weighted by molar-refractivity contribution is 7.95. The average molecular weight is 381 g/mol. The first-order chi connectivity index (χ1) is 11.7. The van der Waals surface area contributed by atoms with Crippen LogP contribution in [0.4, 0.5) is 10.1 Å². The van der Waals surface area contributed by atoms with Crippen LogP contribution in [0.5, 0.6) is 0 Å². The van der Waals surface area contributed by atoms with Crippen molar-refractivity contribution in [2.75, 3.05) is 0 Å². The summed E-state index contributed by atoms with van der Waals surface area (Å²) in [5, 5.41) is 20.2. The number of allylic oxidation sites excluding steroid dienone is 1. The van der Waals surface area contributed by atoms with Crippen LogP contribution < -0.4 is 0 Å². The van der Waals surface area contributed by atoms with E-state index in [-0.39, 0.29) is 5.56 Å². The molecular weight excluding hydrogens is 371 g/mol. The molecule has 0 aliphatic carbocycles. The van der Waals surface area contributed by atoms with Gasteiger partial charge >= 0.3 is 0 Å². The lowest BCUT2D eigenvalue weighted by molar-refractivity contribution is -0.385. The number of non-ortho nitro benzene ring substituents is 1. The zero-order chi connectivity index (χ0) is 18.6. The number of rotatable bonds is 5. The summed E-state index contributed by atoms with van der Waals surface area (Å²) in [5.41, 5.74) is -0.297. The fourth-order valence-corrected chi connectivity index (χ4v) is 3.32. The summed E-state index contributed by atoms with van der Waals surface area (Å²) in [6.07, 6.45) is 0.851. The molecule has 0 fully saturated rings. The van der Waals surface area contributed by atoms with Crippen molar-refractivity contribution in [2.45, 2.75) is 5.75 Å². The number of nitro groups is 1. The Kier molecular flexibility index (Phi) is 5.51. The normalized spacial score (nSPS) is 11.8. The first kappa shape index (κ1) is 18.6. The molecule has 0 saturated carbocycles. The minimum atomic E-state index is -4.02. The molecule has 2 rings (SSSR count). The number of nitriles is 1. The van der Waals surface area contributed by atoms with E-state index in [9.17, 15) is 22.9 Å². The topological polar surface area (TPSA) is 101 Å². The monoisotopic (exact) mass is 380 g/mol. The minimum absolute atomic E-state index is 0.234. The van der Waals surface area contributed by atoms with Gasteiger partial charge in [-0.2, -0.15) is 5.26 Å². The van der Waals surface area contributed by atoms with E-state index in [1.807, 2.05) is 0 Å². The molecule has 0 aromatic heterocycles. The molecule has 0 N–H and O–H groups in total. The van der Waals surface area contributed by atoms with Gasteiger partial charge in [-0.05, 0) is 29.8 Å². The van der Waals surface area contributed by atoms with Crippen LogP contribution in [-0.4, -0.2) is 13.3 Å². The van der Waals surface area contributed by atoms with Crippen LogP contribution in [0, 0.1) is 27.3 Å². The second-order valence-electron chi connectivity index (χ2n) is 4.97. The molecular formula is C16H10ClFN2O4S. The summed E-state index contributed by atoms with van der Waals surface area (Å²) >= 11 is 5.73. The lowest BCUT2D eigenvalue weighted by atomic mass is 10.2. The number of halogens is 2. The van der Waals surface area contributed by atoms with Gasteiger partial charge in [0.2, 0.25) is 0 Å². The van der Waals surface area contributed by atoms with Crippen molar-refractivity contribution < 1.29 is 17.7 Å². The number of benzene rings is 2. The Balaban J connectivity index is 2.37. The van der Waals surface area contributed by atoms with Gasteiger partial charge in [0.1, 0.15) is 16.8 Å². The fraction of sp³-hybridized carbons (Fsp3) is 0.0625. The molecule has 25 heavy (non-hydrogen) atoms. The van der Waals surface area contributed by atoms with E-state index < -0.39 is 36.9 Å². The molecule has 0 aliphatic rings. The van der Waals surface area contributed by atoms with E-state index in [2.05, 4.69) is 0 Å². The molecule has 0 bridgehead atoms. The highest BCUT2D eigenvalue weighted by Crippen LogP contribution is 2.22. The first-order valence-electron chi connectivity index (χ1n) is 6.76. The zero-order valence-electron chi connectivity index (χ0n) is 12.5. The molecule has 0 saturated heterocycles. The maximum Gasteiger partial charge on any atom is 0.272 e. The average Bonchev–Trinajstić information content (AvgIpc) is 2.55. The Morgan fingerprint density at radius 1 is 1.28 bits per heavy atom. The third kappa shape index (κ3) is 4.62. The number of nitro benzene ring substituents is 1. The van der Waals surface area contributed by atoms with Crippen LogP contribution in [0.3, 0.4) is 0 Å². The van der Waals surface area contributed by atoms with Gasteiger partial charge in [-0.15, -0.1) is 0 Å². The zero-order valence-corrected chi connectivity index (χ0v) is 14.1. The summed E-state index contributed by atoms with van der Waals surface area (Å²) in [4.78, 5) is 9.17. The summed E-state index contributed by atoms with van der Waals surface area (Å²) in [7, 11) is -4.02. The van der Waals surface area contributed by atoms with Crippen LogP contribution in [0.2, 0.25) is 5.02 Å². The number of hydrogen-bond acceptors (Lipinski definition) is 5. The molecule has 0 atom stereocenters. The van der Waals surface area contributed by atoms with Crippen LogP contribution in [0.25, 0.3) is 6.08 Å². The standard InChI is InChI=1S/C16H10ClFN2O4S/c17-13-4-1-11(2-5-13)10-25(23,24)15(9-19)7-12-3-6-14(20(21)22)8-16(12)18/h1-8H,10H2/b15-7+. The van der Waals surface area contributed by atoms with Gasteiger partial charge in [-0.3, -0.25) is 10.1 Å². The van der Waals surface area contributed by atoms with E-state index in [4.69, 9.17) is 16.9 Å². The molecule has 6 nitrogen and oxygen atoms in total. The van der Waals surface area contributed by atoms with Crippen LogP contribution >= 0.6 is 11.6 Å². The second kappa shape index (κ2) is 7.42. The number of nitrogens with zero attached hydrogens (tertiary/aromatic N) is 2. The molecule has 128 valence electrons. The maximum absolute atomic E-state index is 13.9.